The molecule has 5 rings (SSSR count). The van der Waals surface area contributed by atoms with Crippen molar-refractivity contribution < 1.29 is 18.7 Å². The molecule has 1 aromatic heterocycles. The maximum Gasteiger partial charge on any atom is 0.298 e. The Balaban J connectivity index is 0.000000377. The number of carbonyl (C=O) groups excluding carboxylic acids is 2. The number of likely N-dealkylation sites (tertiary alicyclic amines) is 1. The van der Waals surface area contributed by atoms with Crippen molar-refractivity contribution in [3.8, 4) is 11.8 Å². The van der Waals surface area contributed by atoms with Crippen LogP contribution in [0.1, 0.15) is 88.9 Å². The molecule has 2 saturated heterocycles. The highest BCUT2D eigenvalue weighted by Gasteiger charge is 2.31. The summed E-state index contributed by atoms with van der Waals surface area (Å²) in [6.45, 7) is 25.5. The van der Waals surface area contributed by atoms with Gasteiger partial charge in [0.05, 0.1) is 0 Å². The molecule has 1 atom stereocenters. The van der Waals surface area contributed by atoms with Crippen molar-refractivity contribution in [1.82, 2.24) is 4.90 Å². The zero-order valence-corrected chi connectivity index (χ0v) is 29.6. The molecule has 2 aromatic carbocycles. The van der Waals surface area contributed by atoms with Gasteiger partial charge in [0.15, 0.2) is 5.76 Å². The van der Waals surface area contributed by atoms with E-state index in [0.717, 1.165) is 36.9 Å². The van der Waals surface area contributed by atoms with E-state index in [4.69, 9.17) is 4.42 Å². The minimum absolute atomic E-state index is 0. The van der Waals surface area contributed by atoms with Gasteiger partial charge in [0.1, 0.15) is 5.58 Å². The number of hydrogen-bond donors (Lipinski definition) is 0. The summed E-state index contributed by atoms with van der Waals surface area (Å²) in [6, 6.07) is 16.5. The molecule has 0 saturated carbocycles. The largest absolute Gasteiger partial charge is 0.453 e. The van der Waals surface area contributed by atoms with Crippen LogP contribution in [0.25, 0.3) is 11.0 Å². The van der Waals surface area contributed by atoms with Crippen molar-refractivity contribution in [2.24, 2.45) is 23.2 Å². The number of anilines is 1. The van der Waals surface area contributed by atoms with Crippen molar-refractivity contribution in [2.45, 2.75) is 74.1 Å². The zero-order chi connectivity index (χ0) is 33.9. The highest BCUT2D eigenvalue weighted by molar-refractivity contribution is 5.99. The predicted molar refractivity (Wildman–Crippen MR) is 195 cm³/mol. The molecule has 1 amide bonds. The van der Waals surface area contributed by atoms with Gasteiger partial charge in [-0.25, -0.2) is 0 Å². The van der Waals surface area contributed by atoms with Crippen molar-refractivity contribution in [3.05, 3.63) is 91.4 Å². The molecule has 3 aromatic rings. The lowest BCUT2D eigenvalue weighted by atomic mass is 9.82. The Labute approximate surface area is 283 Å². The van der Waals surface area contributed by atoms with E-state index in [1.54, 1.807) is 11.0 Å². The Morgan fingerprint density at radius 2 is 1.57 bits per heavy atom. The fourth-order valence-electron chi connectivity index (χ4n) is 5.73. The highest BCUT2D eigenvalue weighted by Crippen LogP contribution is 2.30. The molecular weight excluding hydrogens is 587 g/mol. The van der Waals surface area contributed by atoms with Gasteiger partial charge in [0, 0.05) is 55.0 Å². The summed E-state index contributed by atoms with van der Waals surface area (Å²) >= 11 is 0. The third-order valence-corrected chi connectivity index (χ3v) is 8.60. The molecule has 2 aliphatic heterocycles. The Morgan fingerprint density at radius 1 is 0.957 bits per heavy atom. The molecule has 0 N–H and O–H groups in total. The van der Waals surface area contributed by atoms with Crippen LogP contribution in [0.5, 0.6) is 0 Å². The van der Waals surface area contributed by atoms with E-state index in [2.05, 4.69) is 61.4 Å². The summed E-state index contributed by atoms with van der Waals surface area (Å²) in [6.07, 6.45) is 7.71. The topological polar surface area (TPSA) is 53.8 Å². The fourth-order valence-corrected chi connectivity index (χ4v) is 5.73. The molecule has 2 radical (unpaired) electrons. The average Bonchev–Trinajstić information content (AvgIpc) is 3.48. The molecule has 2 aliphatic rings. The third kappa shape index (κ3) is 11.7. The Kier molecular flexibility index (Phi) is 15.5. The molecule has 5 nitrogen and oxygen atoms in total. The molecule has 0 aliphatic carbocycles. The second kappa shape index (κ2) is 18.5. The molecule has 47 heavy (non-hydrogen) atoms. The maximum atomic E-state index is 13.0. The van der Waals surface area contributed by atoms with Crippen LogP contribution in [-0.2, 0) is 4.79 Å². The summed E-state index contributed by atoms with van der Waals surface area (Å²) in [7, 11) is 0. The highest BCUT2D eigenvalue weighted by atomic mass is 19.0. The summed E-state index contributed by atoms with van der Waals surface area (Å²) < 4.78 is 5.83. The van der Waals surface area contributed by atoms with Gasteiger partial charge in [-0.05, 0) is 107 Å². The average molecular weight is 643 g/mol. The number of aryl methyl sites for hydroxylation is 1. The Bertz CT molecular complexity index is 1490. The fraction of sp³-hybridized carbons (Fsp3) is 0.463. The first-order valence-electron chi connectivity index (χ1n) is 16.9. The molecule has 0 bridgehead atoms. The van der Waals surface area contributed by atoms with Gasteiger partial charge in [-0.15, -0.1) is 6.58 Å². The summed E-state index contributed by atoms with van der Waals surface area (Å²) in [5, 5.41) is 0.916. The van der Waals surface area contributed by atoms with E-state index in [-0.39, 0.29) is 33.6 Å². The molecule has 3 heterocycles. The van der Waals surface area contributed by atoms with E-state index >= 15 is 0 Å². The molecule has 1 unspecified atom stereocenters. The van der Waals surface area contributed by atoms with Crippen LogP contribution in [0.15, 0.2) is 65.6 Å². The van der Waals surface area contributed by atoms with Gasteiger partial charge < -0.3 is 14.2 Å². The van der Waals surface area contributed by atoms with E-state index < -0.39 is 0 Å². The number of furan rings is 1. The molecule has 6 heteroatoms. The van der Waals surface area contributed by atoms with Crippen molar-refractivity contribution in [1.29, 1.82) is 0 Å². The van der Waals surface area contributed by atoms with Crippen LogP contribution in [-0.4, -0.2) is 42.8 Å². The molecular formula is C41H55FN2O3. The van der Waals surface area contributed by atoms with Gasteiger partial charge >= 0.3 is 0 Å². The number of Topliss-reactive ketones (excluding diaryl/α,β-unsaturated/α-hetero) is 1. The van der Waals surface area contributed by atoms with E-state index in [1.165, 1.54) is 24.1 Å². The number of rotatable bonds is 6. The summed E-state index contributed by atoms with van der Waals surface area (Å²) in [5.74, 6) is 6.82. The minimum Gasteiger partial charge on any atom is -0.453 e. The molecule has 2 fully saturated rings. The van der Waals surface area contributed by atoms with Gasteiger partial charge in [0.25, 0.3) is 5.91 Å². The van der Waals surface area contributed by atoms with E-state index in [0.29, 0.717) is 30.4 Å². The van der Waals surface area contributed by atoms with Crippen LogP contribution in [0, 0.1) is 55.3 Å². The SMILES string of the molecule is C=C[CH]c1ccc2oc(C(=O)C(C)C3CCN(C(=O)C#CC(C)(C)C)CC3)cc2c1.CC.F.[CH2]C1CCN(c2ccc(C)cc2)CC1. The maximum absolute atomic E-state index is 13.0. The molecule has 0 spiro atoms. The molecule has 254 valence electrons. The second-order valence-electron chi connectivity index (χ2n) is 13.4. The first kappa shape index (κ1) is 39.3. The standard InChI is InChI=1S/C26H30NO3.C13H18N.C2H6.FH/c1-6-7-19-8-9-22-21(16-19)17-23(30-22)25(29)18(2)20-11-14-27(15-12-20)24(28)10-13-26(3,4)5;1-11-3-5-13(6-4-11)14-9-7-12(2)8-10-14;1-2;/h6-9,16-18,20H,1,11-12,14-15H2,2-5H3;3-6,12H,2,7-10H2,1H3;1-2H3;1H. The Hall–Kier alpha value is -3.85. The first-order valence-corrected chi connectivity index (χ1v) is 16.9. The number of benzene rings is 2. The van der Waals surface area contributed by atoms with Crippen molar-refractivity contribution in [2.75, 3.05) is 31.1 Å². The van der Waals surface area contributed by atoms with E-state index in [1.807, 2.05) is 72.2 Å². The quantitative estimate of drug-likeness (QED) is 0.199. The predicted octanol–water partition coefficient (Wildman–Crippen LogP) is 9.50. The number of nitrogens with zero attached hydrogens (tertiary/aromatic N) is 2. The number of hydrogen-bond acceptors (Lipinski definition) is 4. The number of amides is 1. The van der Waals surface area contributed by atoms with Crippen LogP contribution in [0.2, 0.25) is 0 Å². The van der Waals surface area contributed by atoms with Crippen LogP contribution in [0.3, 0.4) is 0 Å². The van der Waals surface area contributed by atoms with E-state index in [9.17, 15) is 9.59 Å². The normalized spacial score (nSPS) is 15.9. The van der Waals surface area contributed by atoms with Crippen molar-refractivity contribution >= 4 is 28.3 Å². The van der Waals surface area contributed by atoms with Crippen molar-refractivity contribution in [3.63, 3.8) is 0 Å². The van der Waals surface area contributed by atoms with Crippen LogP contribution < -0.4 is 4.90 Å². The summed E-state index contributed by atoms with van der Waals surface area (Å²) in [5.41, 5.74) is 4.25. The lowest BCUT2D eigenvalue weighted by Gasteiger charge is -2.33. The third-order valence-electron chi connectivity index (χ3n) is 8.60. The number of allylic oxidation sites excluding steroid dienone is 1. The lowest BCUT2D eigenvalue weighted by molar-refractivity contribution is -0.126. The smallest absolute Gasteiger partial charge is 0.298 e. The number of halogens is 1. The van der Waals surface area contributed by atoms with Crippen LogP contribution in [0.4, 0.5) is 10.4 Å². The lowest BCUT2D eigenvalue weighted by Crippen LogP contribution is -2.40. The number of carbonyl (C=O) groups is 2. The van der Waals surface area contributed by atoms with Gasteiger partial charge in [-0.1, -0.05) is 63.5 Å². The minimum atomic E-state index is -0.189. The van der Waals surface area contributed by atoms with Gasteiger partial charge in [-0.2, -0.15) is 0 Å². The first-order chi connectivity index (χ1) is 21.9. The number of ketones is 1. The van der Waals surface area contributed by atoms with Gasteiger partial charge in [0.2, 0.25) is 5.78 Å². The Morgan fingerprint density at radius 3 is 2.15 bits per heavy atom. The van der Waals surface area contributed by atoms with Gasteiger partial charge in [-0.3, -0.25) is 14.3 Å². The monoisotopic (exact) mass is 642 g/mol. The zero-order valence-electron chi connectivity index (χ0n) is 29.6. The van der Waals surface area contributed by atoms with Crippen LogP contribution >= 0.6 is 0 Å². The number of piperidine rings is 2. The number of fused-ring (bicyclic) bond motifs is 1. The summed E-state index contributed by atoms with van der Waals surface area (Å²) in [4.78, 5) is 29.6. The second-order valence-corrected chi connectivity index (χ2v) is 13.4.